The van der Waals surface area contributed by atoms with Gasteiger partial charge in [0, 0.05) is 12.8 Å². The van der Waals surface area contributed by atoms with Crippen LogP contribution in [0.25, 0.3) is 0 Å². The standard InChI is InChI=1S/C69H125N2O7P/c1-7-10-13-16-19-22-25-28-30-31-32-33-34-35-36-37-38-39-40-41-42-44-47-50-53-56-59-62-69(73)78-67(60-57-54-51-48-45-27-24-21-18-15-12-9-3)66(65-77-79(74,75)76-64-63-71(4,5)6)70-68(72)61-58-55-52-49-46-43-29-26-23-20-17-14-11-8-2/h10,13,19,22,28,30,32-33,35-36,43,46,57,60,66-67H,7-9,11-12,14-18,20-21,23-27,29,31,34,37-42,44-45,47-56,58-59,61-65H2,1-6H3,(H-,70,72,74,75)/b13-10-,22-19-,30-28-,33-32-,36-35-,46-43-,60-57-. The molecule has 0 saturated carbocycles. The number of likely N-dealkylation sites (N-methyl/N-ethyl adjacent to an activating group) is 1. The van der Waals surface area contributed by atoms with E-state index in [-0.39, 0.29) is 24.9 Å². The Morgan fingerprint density at radius 1 is 0.456 bits per heavy atom. The van der Waals surface area contributed by atoms with Crippen LogP contribution in [0.15, 0.2) is 85.1 Å². The van der Waals surface area contributed by atoms with Crippen molar-refractivity contribution in [3.63, 3.8) is 0 Å². The van der Waals surface area contributed by atoms with E-state index in [0.717, 1.165) is 103 Å². The van der Waals surface area contributed by atoms with Gasteiger partial charge in [-0.15, -0.1) is 0 Å². The zero-order valence-electron chi connectivity index (χ0n) is 52.3. The van der Waals surface area contributed by atoms with Crippen molar-refractivity contribution in [2.75, 3.05) is 40.9 Å². The second-order valence-electron chi connectivity index (χ2n) is 23.2. The van der Waals surface area contributed by atoms with Crippen LogP contribution in [0, 0.1) is 0 Å². The largest absolute Gasteiger partial charge is 0.756 e. The van der Waals surface area contributed by atoms with Gasteiger partial charge in [-0.3, -0.25) is 14.2 Å². The summed E-state index contributed by atoms with van der Waals surface area (Å²) in [5.41, 5.74) is 0. The van der Waals surface area contributed by atoms with Crippen LogP contribution in [0.5, 0.6) is 0 Å². The molecule has 0 spiro atoms. The predicted octanol–water partition coefficient (Wildman–Crippen LogP) is 19.9. The highest BCUT2D eigenvalue weighted by molar-refractivity contribution is 7.45. The van der Waals surface area contributed by atoms with Gasteiger partial charge in [-0.25, -0.2) is 0 Å². The van der Waals surface area contributed by atoms with E-state index < -0.39 is 26.6 Å². The molecule has 10 heteroatoms. The smallest absolute Gasteiger partial charge is 0.306 e. The number of quaternary nitrogens is 1. The summed E-state index contributed by atoms with van der Waals surface area (Å²) < 4.78 is 30.3. The molecule has 3 atom stereocenters. The molecule has 1 amide bonds. The minimum atomic E-state index is -4.71. The van der Waals surface area contributed by atoms with E-state index in [1.54, 1.807) is 0 Å². The molecular formula is C69H125N2O7P. The lowest BCUT2D eigenvalue weighted by Gasteiger charge is -2.30. The summed E-state index contributed by atoms with van der Waals surface area (Å²) in [6, 6.07) is -0.900. The van der Waals surface area contributed by atoms with Crippen LogP contribution in [-0.4, -0.2) is 69.4 Å². The number of allylic oxidation sites excluding steroid dienone is 13. The van der Waals surface area contributed by atoms with Gasteiger partial charge in [-0.05, 0) is 102 Å². The highest BCUT2D eigenvalue weighted by atomic mass is 31.2. The van der Waals surface area contributed by atoms with Gasteiger partial charge in [-0.1, -0.05) is 260 Å². The molecular weight excluding hydrogens is 1000 g/mol. The molecule has 0 bridgehead atoms. The van der Waals surface area contributed by atoms with E-state index in [9.17, 15) is 19.0 Å². The second kappa shape index (κ2) is 58.4. The molecule has 0 fully saturated rings. The summed E-state index contributed by atoms with van der Waals surface area (Å²) in [6.07, 6.45) is 77.0. The number of amides is 1. The summed E-state index contributed by atoms with van der Waals surface area (Å²) in [5, 5.41) is 3.02. The first kappa shape index (κ1) is 76.2. The molecule has 0 aromatic carbocycles. The topological polar surface area (TPSA) is 114 Å². The third kappa shape index (κ3) is 59.6. The van der Waals surface area contributed by atoms with Crippen LogP contribution in [0.1, 0.15) is 290 Å². The summed E-state index contributed by atoms with van der Waals surface area (Å²) in [5.74, 6) is -0.560. The maximum Gasteiger partial charge on any atom is 0.306 e. The van der Waals surface area contributed by atoms with Crippen LogP contribution >= 0.6 is 7.82 Å². The van der Waals surface area contributed by atoms with E-state index in [1.165, 1.54) is 148 Å². The Balaban J connectivity index is 5.09. The number of hydrogen-bond donors (Lipinski definition) is 1. The number of phosphoric acid groups is 1. The SMILES string of the molecule is CC/C=C\C/C=C\C/C=C\C/C=C\C/C=C\CCCCCCCCCCCCCC(=O)OC(/C=C\CCCCCCCCCCCC)C(COP(=O)([O-])OCC[N+](C)(C)C)NC(=O)CCCCC/C=C\CCCCCCCCC. The van der Waals surface area contributed by atoms with Gasteiger partial charge in [0.05, 0.1) is 33.8 Å². The van der Waals surface area contributed by atoms with Crippen molar-refractivity contribution in [3.8, 4) is 0 Å². The Morgan fingerprint density at radius 2 is 0.810 bits per heavy atom. The average Bonchev–Trinajstić information content (AvgIpc) is 3.41. The molecule has 458 valence electrons. The molecule has 0 heterocycles. The van der Waals surface area contributed by atoms with Gasteiger partial charge >= 0.3 is 5.97 Å². The van der Waals surface area contributed by atoms with E-state index in [1.807, 2.05) is 33.3 Å². The molecule has 0 aromatic rings. The molecule has 0 saturated heterocycles. The first-order chi connectivity index (χ1) is 38.4. The number of ether oxygens (including phenoxy) is 1. The number of hydrogen-bond acceptors (Lipinski definition) is 7. The molecule has 1 N–H and O–H groups in total. The quantitative estimate of drug-likeness (QED) is 0.0212. The predicted molar refractivity (Wildman–Crippen MR) is 339 cm³/mol. The number of nitrogens with one attached hydrogen (secondary N) is 1. The number of nitrogens with zero attached hydrogens (tertiary/aromatic N) is 1. The lowest BCUT2D eigenvalue weighted by molar-refractivity contribution is -0.870. The first-order valence-corrected chi connectivity index (χ1v) is 34.4. The highest BCUT2D eigenvalue weighted by Crippen LogP contribution is 2.38. The molecule has 0 aliphatic rings. The van der Waals surface area contributed by atoms with E-state index >= 15 is 0 Å². The van der Waals surface area contributed by atoms with Crippen molar-refractivity contribution in [1.29, 1.82) is 0 Å². The van der Waals surface area contributed by atoms with Crippen molar-refractivity contribution in [2.45, 2.75) is 303 Å². The lowest BCUT2D eigenvalue weighted by Crippen LogP contribution is -2.47. The molecule has 0 aromatic heterocycles. The molecule has 9 nitrogen and oxygen atoms in total. The third-order valence-electron chi connectivity index (χ3n) is 14.3. The first-order valence-electron chi connectivity index (χ1n) is 32.9. The van der Waals surface area contributed by atoms with Crippen molar-refractivity contribution < 1.29 is 37.3 Å². The van der Waals surface area contributed by atoms with Gasteiger partial charge in [0.1, 0.15) is 19.3 Å². The molecule has 0 aliphatic carbocycles. The zero-order valence-corrected chi connectivity index (χ0v) is 53.2. The van der Waals surface area contributed by atoms with Gasteiger partial charge in [0.2, 0.25) is 5.91 Å². The van der Waals surface area contributed by atoms with Gasteiger partial charge in [-0.2, -0.15) is 0 Å². The van der Waals surface area contributed by atoms with E-state index in [2.05, 4.69) is 99.0 Å². The molecule has 0 rings (SSSR count). The monoisotopic (exact) mass is 1120 g/mol. The fourth-order valence-electron chi connectivity index (χ4n) is 9.25. The van der Waals surface area contributed by atoms with Gasteiger partial charge in [0.25, 0.3) is 7.82 Å². The van der Waals surface area contributed by atoms with Gasteiger partial charge < -0.3 is 28.5 Å². The van der Waals surface area contributed by atoms with Crippen molar-refractivity contribution in [2.24, 2.45) is 0 Å². The highest BCUT2D eigenvalue weighted by Gasteiger charge is 2.27. The van der Waals surface area contributed by atoms with Crippen LogP contribution in [0.2, 0.25) is 0 Å². The number of carbonyl (C=O) groups is 2. The summed E-state index contributed by atoms with van der Waals surface area (Å²) >= 11 is 0. The third-order valence-corrected chi connectivity index (χ3v) is 15.3. The molecule has 0 aliphatic heterocycles. The maximum absolute atomic E-state index is 13.5. The van der Waals surface area contributed by atoms with E-state index in [0.29, 0.717) is 23.9 Å². The van der Waals surface area contributed by atoms with Crippen LogP contribution in [0.3, 0.4) is 0 Å². The fourth-order valence-corrected chi connectivity index (χ4v) is 9.97. The number of rotatable bonds is 59. The van der Waals surface area contributed by atoms with Crippen molar-refractivity contribution in [1.82, 2.24) is 5.32 Å². The lowest BCUT2D eigenvalue weighted by atomic mass is 10.0. The average molecular weight is 1130 g/mol. The molecule has 79 heavy (non-hydrogen) atoms. The Kier molecular flexibility index (Phi) is 56.3. The Hall–Kier alpha value is -2.81. The Morgan fingerprint density at radius 3 is 1.24 bits per heavy atom. The number of unbranched alkanes of at least 4 members (excludes halogenated alkanes) is 31. The van der Waals surface area contributed by atoms with Crippen LogP contribution < -0.4 is 10.2 Å². The summed E-state index contributed by atoms with van der Waals surface area (Å²) in [6.45, 7) is 6.72. The second-order valence-corrected chi connectivity index (χ2v) is 24.6. The maximum atomic E-state index is 13.5. The van der Waals surface area contributed by atoms with Crippen molar-refractivity contribution in [3.05, 3.63) is 85.1 Å². The number of phosphoric ester groups is 1. The Bertz CT molecular complexity index is 1630. The van der Waals surface area contributed by atoms with Crippen LogP contribution in [0.4, 0.5) is 0 Å². The normalized spacial score (nSPS) is 14.2. The Labute approximate surface area is 488 Å². The van der Waals surface area contributed by atoms with Crippen LogP contribution in [-0.2, 0) is 27.9 Å². The fraction of sp³-hybridized carbons (Fsp3) is 0.768. The molecule has 3 unspecified atom stereocenters. The summed E-state index contributed by atoms with van der Waals surface area (Å²) in [7, 11) is 1.17. The minimum absolute atomic E-state index is 0.0275. The van der Waals surface area contributed by atoms with Crippen molar-refractivity contribution >= 4 is 19.7 Å². The summed E-state index contributed by atoms with van der Waals surface area (Å²) in [4.78, 5) is 40.0. The van der Waals surface area contributed by atoms with Gasteiger partial charge in [0.15, 0.2) is 0 Å². The van der Waals surface area contributed by atoms with E-state index in [4.69, 9.17) is 13.8 Å². The number of carbonyl (C=O) groups excluding carboxylic acids is 2. The molecule has 0 radical (unpaired) electrons. The zero-order chi connectivity index (χ0) is 57.9. The minimum Gasteiger partial charge on any atom is -0.756 e. The number of esters is 1.